The van der Waals surface area contributed by atoms with Crippen LogP contribution in [0.1, 0.15) is 31.9 Å². The van der Waals surface area contributed by atoms with Gasteiger partial charge in [0.15, 0.2) is 0 Å². The normalized spacial score (nSPS) is 10.4. The first kappa shape index (κ1) is 21.8. The molecule has 2 aromatic rings. The Morgan fingerprint density at radius 2 is 1.43 bits per heavy atom. The Morgan fingerprint density at radius 1 is 0.857 bits per heavy atom. The van der Waals surface area contributed by atoms with Crippen molar-refractivity contribution in [2.24, 2.45) is 0 Å². The number of hydrogen-bond donors (Lipinski definition) is 2. The van der Waals surface area contributed by atoms with Crippen LogP contribution in [0.2, 0.25) is 0 Å². The number of ether oxygens (including phenoxy) is 1. The predicted molar refractivity (Wildman–Crippen MR) is 117 cm³/mol. The molecule has 5 nitrogen and oxygen atoms in total. The zero-order valence-corrected chi connectivity index (χ0v) is 17.5. The van der Waals surface area contributed by atoms with Crippen LogP contribution in [0.4, 0.5) is 11.4 Å². The maximum atomic E-state index is 12.3. The van der Waals surface area contributed by atoms with Gasteiger partial charge in [-0.05, 0) is 55.2 Å². The number of thioether (sulfide) groups is 1. The predicted octanol–water partition coefficient (Wildman–Crippen LogP) is 4.52. The minimum atomic E-state index is -0.134. The van der Waals surface area contributed by atoms with Crippen molar-refractivity contribution < 1.29 is 14.3 Å². The summed E-state index contributed by atoms with van der Waals surface area (Å²) in [5.74, 6) is 0.999. The van der Waals surface area contributed by atoms with E-state index in [0.717, 1.165) is 35.4 Å². The second-order valence-corrected chi connectivity index (χ2v) is 7.19. The number of benzene rings is 2. The van der Waals surface area contributed by atoms with Gasteiger partial charge in [0.2, 0.25) is 11.8 Å². The van der Waals surface area contributed by atoms with E-state index in [-0.39, 0.29) is 23.3 Å². The molecule has 0 spiro atoms. The Balaban J connectivity index is 1.80. The molecule has 0 heterocycles. The molecular weight excluding hydrogens is 372 g/mol. The monoisotopic (exact) mass is 400 g/mol. The summed E-state index contributed by atoms with van der Waals surface area (Å²) in [6.07, 6.45) is 1.72. The molecule has 28 heavy (non-hydrogen) atoms. The maximum Gasteiger partial charge on any atom is 0.234 e. The summed E-state index contributed by atoms with van der Waals surface area (Å²) in [4.78, 5) is 24.4. The fourth-order valence-corrected chi connectivity index (χ4v) is 3.43. The highest BCUT2D eigenvalue weighted by atomic mass is 32.2. The quantitative estimate of drug-likeness (QED) is 0.615. The molecule has 0 saturated carbocycles. The van der Waals surface area contributed by atoms with Gasteiger partial charge in [-0.15, -0.1) is 11.8 Å². The van der Waals surface area contributed by atoms with Gasteiger partial charge in [0.25, 0.3) is 0 Å². The highest BCUT2D eigenvalue weighted by Crippen LogP contribution is 2.23. The molecule has 2 N–H and O–H groups in total. The Labute approximate surface area is 171 Å². The molecule has 0 atom stereocenters. The molecule has 0 aliphatic carbocycles. The Morgan fingerprint density at radius 3 is 1.96 bits per heavy atom. The second-order valence-electron chi connectivity index (χ2n) is 6.20. The molecule has 150 valence electrons. The lowest BCUT2D eigenvalue weighted by Gasteiger charge is -2.14. The van der Waals surface area contributed by atoms with Crippen LogP contribution in [0.3, 0.4) is 0 Å². The Bertz CT molecular complexity index is 769. The Kier molecular flexibility index (Phi) is 8.88. The average molecular weight is 401 g/mol. The van der Waals surface area contributed by atoms with Crippen molar-refractivity contribution in [2.75, 3.05) is 28.7 Å². The van der Waals surface area contributed by atoms with Crippen molar-refractivity contribution in [3.63, 3.8) is 0 Å². The van der Waals surface area contributed by atoms with Crippen molar-refractivity contribution in [1.82, 2.24) is 0 Å². The van der Waals surface area contributed by atoms with Crippen LogP contribution >= 0.6 is 11.8 Å². The van der Waals surface area contributed by atoms with Gasteiger partial charge in [-0.25, -0.2) is 0 Å². The van der Waals surface area contributed by atoms with Crippen LogP contribution in [0.25, 0.3) is 0 Å². The number of rotatable bonds is 10. The van der Waals surface area contributed by atoms with E-state index in [2.05, 4.69) is 24.5 Å². The minimum Gasteiger partial charge on any atom is -0.494 e. The summed E-state index contributed by atoms with van der Waals surface area (Å²) in [5, 5.41) is 5.84. The minimum absolute atomic E-state index is 0.0885. The summed E-state index contributed by atoms with van der Waals surface area (Å²) < 4.78 is 5.38. The molecule has 0 bridgehead atoms. The van der Waals surface area contributed by atoms with Gasteiger partial charge in [0, 0.05) is 11.4 Å². The standard InChI is InChI=1S/C22H28N2O3S/c1-4-16-8-7-9-17(5-2)22(16)24-21(26)15-28-14-20(25)23-18-10-12-19(13-11-18)27-6-3/h7-13H,4-6,14-15H2,1-3H3,(H,23,25)(H,24,26). The van der Waals surface area contributed by atoms with Gasteiger partial charge in [0.1, 0.15) is 5.75 Å². The zero-order chi connectivity index (χ0) is 20.4. The summed E-state index contributed by atoms with van der Waals surface area (Å²) >= 11 is 1.30. The summed E-state index contributed by atoms with van der Waals surface area (Å²) in [7, 11) is 0. The molecule has 0 aromatic heterocycles. The lowest BCUT2D eigenvalue weighted by molar-refractivity contribution is -0.114. The fourth-order valence-electron chi connectivity index (χ4n) is 2.81. The third-order valence-corrected chi connectivity index (χ3v) is 5.11. The smallest absolute Gasteiger partial charge is 0.234 e. The van der Waals surface area contributed by atoms with Gasteiger partial charge in [0.05, 0.1) is 18.1 Å². The van der Waals surface area contributed by atoms with Crippen LogP contribution in [0.15, 0.2) is 42.5 Å². The largest absolute Gasteiger partial charge is 0.494 e. The molecule has 2 rings (SSSR count). The number of aryl methyl sites for hydroxylation is 2. The van der Waals surface area contributed by atoms with E-state index in [0.29, 0.717) is 12.3 Å². The van der Waals surface area contributed by atoms with Gasteiger partial charge in [-0.1, -0.05) is 32.0 Å². The molecule has 0 saturated heterocycles. The van der Waals surface area contributed by atoms with E-state index >= 15 is 0 Å². The SMILES string of the molecule is CCOc1ccc(NC(=O)CSCC(=O)Nc2c(CC)cccc2CC)cc1. The number of hydrogen-bond acceptors (Lipinski definition) is 4. The number of para-hydroxylation sites is 1. The first-order valence-electron chi connectivity index (χ1n) is 9.58. The molecule has 0 fully saturated rings. The van der Waals surface area contributed by atoms with Crippen molar-refractivity contribution in [1.29, 1.82) is 0 Å². The van der Waals surface area contributed by atoms with Gasteiger partial charge >= 0.3 is 0 Å². The van der Waals surface area contributed by atoms with Crippen LogP contribution in [-0.2, 0) is 22.4 Å². The summed E-state index contributed by atoms with van der Waals surface area (Å²) in [6.45, 7) is 6.68. The molecule has 0 aliphatic rings. The van der Waals surface area contributed by atoms with E-state index in [1.807, 2.05) is 37.3 Å². The first-order valence-corrected chi connectivity index (χ1v) is 10.7. The number of carbonyl (C=O) groups is 2. The third kappa shape index (κ3) is 6.60. The summed E-state index contributed by atoms with van der Waals surface area (Å²) in [6, 6.07) is 13.3. The van der Waals surface area contributed by atoms with Crippen LogP contribution in [0, 0.1) is 0 Å². The molecule has 2 aromatic carbocycles. The van der Waals surface area contributed by atoms with E-state index < -0.39 is 0 Å². The Hall–Kier alpha value is -2.47. The third-order valence-electron chi connectivity index (χ3n) is 4.18. The number of carbonyl (C=O) groups excluding carboxylic acids is 2. The number of nitrogens with one attached hydrogen (secondary N) is 2. The molecule has 0 aliphatic heterocycles. The van der Waals surface area contributed by atoms with Gasteiger partial charge in [-0.3, -0.25) is 9.59 Å². The van der Waals surface area contributed by atoms with Crippen molar-refractivity contribution in [2.45, 2.75) is 33.6 Å². The first-order chi connectivity index (χ1) is 13.6. The zero-order valence-electron chi connectivity index (χ0n) is 16.7. The van der Waals surface area contributed by atoms with Crippen molar-refractivity contribution in [3.05, 3.63) is 53.6 Å². The van der Waals surface area contributed by atoms with Crippen molar-refractivity contribution in [3.8, 4) is 5.75 Å². The number of anilines is 2. The van der Waals surface area contributed by atoms with Crippen LogP contribution in [0.5, 0.6) is 5.75 Å². The number of amides is 2. The molecule has 2 amide bonds. The van der Waals surface area contributed by atoms with Crippen molar-refractivity contribution >= 4 is 35.0 Å². The topological polar surface area (TPSA) is 67.4 Å². The average Bonchev–Trinajstić information content (AvgIpc) is 2.69. The molecule has 0 radical (unpaired) electrons. The van der Waals surface area contributed by atoms with E-state index in [1.54, 1.807) is 12.1 Å². The van der Waals surface area contributed by atoms with E-state index in [4.69, 9.17) is 4.74 Å². The van der Waals surface area contributed by atoms with E-state index in [9.17, 15) is 9.59 Å². The van der Waals surface area contributed by atoms with E-state index in [1.165, 1.54) is 11.8 Å². The lowest BCUT2D eigenvalue weighted by Crippen LogP contribution is -2.19. The van der Waals surface area contributed by atoms with Crippen LogP contribution < -0.4 is 15.4 Å². The molecule has 6 heteroatoms. The van der Waals surface area contributed by atoms with Crippen LogP contribution in [-0.4, -0.2) is 29.9 Å². The second kappa shape index (κ2) is 11.4. The van der Waals surface area contributed by atoms with Gasteiger partial charge in [-0.2, -0.15) is 0 Å². The maximum absolute atomic E-state index is 12.3. The van der Waals surface area contributed by atoms with Gasteiger partial charge < -0.3 is 15.4 Å². The highest BCUT2D eigenvalue weighted by molar-refractivity contribution is 8.00. The lowest BCUT2D eigenvalue weighted by atomic mass is 10.0. The fraction of sp³-hybridized carbons (Fsp3) is 0.364. The molecular formula is C22H28N2O3S. The molecule has 0 unspecified atom stereocenters. The highest BCUT2D eigenvalue weighted by Gasteiger charge is 2.11. The summed E-state index contributed by atoms with van der Waals surface area (Å²) in [5.41, 5.74) is 3.89.